The molecule has 13 nitrogen and oxygen atoms in total. The Morgan fingerprint density at radius 1 is 1.18 bits per heavy atom. The molecule has 2 aromatic heterocycles. The summed E-state index contributed by atoms with van der Waals surface area (Å²) in [5.74, 6) is 0.146. The molecule has 3 N–H and O–H groups in total. The van der Waals surface area contributed by atoms with Crippen LogP contribution in [0.2, 0.25) is 0 Å². The first-order chi connectivity index (χ1) is 18.7. The first-order valence-corrected chi connectivity index (χ1v) is 14.7. The van der Waals surface area contributed by atoms with E-state index in [1.807, 2.05) is 4.72 Å². The highest BCUT2D eigenvalue weighted by molar-refractivity contribution is 7.90. The zero-order chi connectivity index (χ0) is 27.3. The SMILES string of the molecule is Cc1nc(Nc2nc(N3CCOCC3)c3c(n2)N(Cc2ccc4c(c2)C(=O)NS4(=O)=O)CCC3)sc1C(=O)O. The van der Waals surface area contributed by atoms with E-state index in [-0.39, 0.29) is 15.3 Å². The van der Waals surface area contributed by atoms with Crippen LogP contribution in [-0.2, 0) is 27.7 Å². The molecule has 6 rings (SSSR count). The molecule has 3 aromatic rings. The molecule has 0 saturated carbocycles. The van der Waals surface area contributed by atoms with E-state index in [1.165, 1.54) is 6.07 Å². The predicted molar refractivity (Wildman–Crippen MR) is 143 cm³/mol. The Bertz CT molecular complexity index is 1600. The number of carbonyl (C=O) groups excluding carboxylic acids is 1. The molecule has 15 heteroatoms. The maximum absolute atomic E-state index is 12.2. The van der Waals surface area contributed by atoms with Crippen LogP contribution >= 0.6 is 11.3 Å². The van der Waals surface area contributed by atoms with Crippen LogP contribution in [-0.4, -0.2) is 73.2 Å². The fourth-order valence-corrected chi connectivity index (χ4v) is 6.98. The van der Waals surface area contributed by atoms with Crippen molar-refractivity contribution >= 4 is 56.0 Å². The van der Waals surface area contributed by atoms with Gasteiger partial charge in [-0.2, -0.15) is 9.97 Å². The van der Waals surface area contributed by atoms with Crippen molar-refractivity contribution < 1.29 is 27.9 Å². The molecule has 0 spiro atoms. The maximum atomic E-state index is 12.2. The minimum absolute atomic E-state index is 0.0156. The number of fused-ring (bicyclic) bond motifs is 2. The van der Waals surface area contributed by atoms with E-state index in [0.717, 1.165) is 46.9 Å². The highest BCUT2D eigenvalue weighted by atomic mass is 32.2. The van der Waals surface area contributed by atoms with Gasteiger partial charge in [-0.05, 0) is 37.5 Å². The number of aromatic carboxylic acids is 1. The summed E-state index contributed by atoms with van der Waals surface area (Å²) in [6, 6.07) is 4.78. The van der Waals surface area contributed by atoms with Gasteiger partial charge in [0.25, 0.3) is 15.9 Å². The smallest absolute Gasteiger partial charge is 0.347 e. The number of rotatable bonds is 6. The van der Waals surface area contributed by atoms with Crippen molar-refractivity contribution in [2.75, 3.05) is 48.0 Å². The molecule has 1 saturated heterocycles. The number of anilines is 4. The Labute approximate surface area is 227 Å². The number of nitrogens with zero attached hydrogens (tertiary/aromatic N) is 5. The highest BCUT2D eigenvalue weighted by Crippen LogP contribution is 2.36. The van der Waals surface area contributed by atoms with Crippen molar-refractivity contribution in [2.45, 2.75) is 31.2 Å². The van der Waals surface area contributed by atoms with Crippen LogP contribution in [0.4, 0.5) is 22.7 Å². The number of thiazole rings is 1. The molecular formula is C24H25N7O6S2. The van der Waals surface area contributed by atoms with Gasteiger partial charge in [-0.3, -0.25) is 10.1 Å². The van der Waals surface area contributed by atoms with Crippen LogP contribution in [0.1, 0.15) is 43.3 Å². The van der Waals surface area contributed by atoms with Crippen LogP contribution in [0, 0.1) is 6.92 Å². The molecule has 5 heterocycles. The number of hydrogen-bond acceptors (Lipinski definition) is 12. The normalized spacial score (nSPS) is 17.9. The second-order valence-corrected chi connectivity index (χ2v) is 12.1. The van der Waals surface area contributed by atoms with Gasteiger partial charge >= 0.3 is 5.97 Å². The Morgan fingerprint density at radius 3 is 2.69 bits per heavy atom. The minimum atomic E-state index is -3.81. The highest BCUT2D eigenvalue weighted by Gasteiger charge is 2.33. The molecular weight excluding hydrogens is 546 g/mol. The third-order valence-corrected chi connectivity index (χ3v) is 9.27. The Morgan fingerprint density at radius 2 is 1.95 bits per heavy atom. The van der Waals surface area contributed by atoms with Crippen LogP contribution in [0.5, 0.6) is 0 Å². The van der Waals surface area contributed by atoms with E-state index >= 15 is 0 Å². The number of carboxylic acids is 1. The lowest BCUT2D eigenvalue weighted by Gasteiger charge is -2.35. The van der Waals surface area contributed by atoms with E-state index in [0.29, 0.717) is 56.2 Å². The molecule has 0 unspecified atom stereocenters. The number of hydrogen-bond donors (Lipinski definition) is 3. The molecule has 39 heavy (non-hydrogen) atoms. The molecule has 3 aliphatic heterocycles. The Hall–Kier alpha value is -3.82. The zero-order valence-corrected chi connectivity index (χ0v) is 22.6. The van der Waals surface area contributed by atoms with Crippen molar-refractivity contribution in [3.63, 3.8) is 0 Å². The van der Waals surface area contributed by atoms with Crippen LogP contribution in [0.25, 0.3) is 0 Å². The van der Waals surface area contributed by atoms with Crippen molar-refractivity contribution in [1.82, 2.24) is 19.7 Å². The molecule has 0 bridgehead atoms. The fraction of sp³-hybridized carbons (Fsp3) is 0.375. The van der Waals surface area contributed by atoms with Gasteiger partial charge in [0.05, 0.1) is 24.5 Å². The van der Waals surface area contributed by atoms with Gasteiger partial charge in [-0.15, -0.1) is 0 Å². The van der Waals surface area contributed by atoms with Gasteiger partial charge < -0.3 is 19.6 Å². The van der Waals surface area contributed by atoms with Crippen molar-refractivity contribution in [3.05, 3.63) is 45.5 Å². The first kappa shape index (κ1) is 25.5. The van der Waals surface area contributed by atoms with Crippen LogP contribution in [0.15, 0.2) is 23.1 Å². The summed E-state index contributed by atoms with van der Waals surface area (Å²) in [5.41, 5.74) is 2.32. The minimum Gasteiger partial charge on any atom is -0.477 e. The van der Waals surface area contributed by atoms with Crippen molar-refractivity contribution in [1.29, 1.82) is 0 Å². The number of benzene rings is 1. The number of nitrogens with one attached hydrogen (secondary N) is 2. The molecule has 0 atom stereocenters. The maximum Gasteiger partial charge on any atom is 0.347 e. The molecule has 0 radical (unpaired) electrons. The molecule has 3 aliphatic rings. The fourth-order valence-electron chi connectivity index (χ4n) is 5.03. The lowest BCUT2D eigenvalue weighted by Crippen LogP contribution is -2.39. The third-order valence-electron chi connectivity index (χ3n) is 6.82. The summed E-state index contributed by atoms with van der Waals surface area (Å²) < 4.78 is 31.9. The molecule has 204 valence electrons. The average molecular weight is 572 g/mol. The Kier molecular flexibility index (Phi) is 6.35. The standard InChI is InChI=1S/C24H25N7O6S2/c1-13-18(22(33)34)38-24(25-13)28-23-26-19(30-7-9-37-10-8-30)15-3-2-6-31(20(15)27-23)12-14-4-5-17-16(11-14)21(32)29-39(17,35)36/h4-5,11H,2-3,6-10,12H2,1H3,(H,29,32)(H,33,34)(H,25,26,27,28). The zero-order valence-electron chi connectivity index (χ0n) is 20.9. The van der Waals surface area contributed by atoms with Crippen molar-refractivity contribution in [3.8, 4) is 0 Å². The van der Waals surface area contributed by atoms with Gasteiger partial charge in [-0.1, -0.05) is 17.4 Å². The number of sulfonamides is 1. The summed E-state index contributed by atoms with van der Waals surface area (Å²) >= 11 is 1.02. The molecule has 1 aromatic carbocycles. The third kappa shape index (κ3) is 4.77. The van der Waals surface area contributed by atoms with Gasteiger partial charge in [-0.25, -0.2) is 22.9 Å². The predicted octanol–water partition coefficient (Wildman–Crippen LogP) is 1.90. The topological polar surface area (TPSA) is 167 Å². The second kappa shape index (κ2) is 9.73. The Balaban J connectivity index is 1.37. The van der Waals surface area contributed by atoms with Crippen LogP contribution in [0.3, 0.4) is 0 Å². The van der Waals surface area contributed by atoms with Crippen molar-refractivity contribution in [2.24, 2.45) is 0 Å². The summed E-state index contributed by atoms with van der Waals surface area (Å²) in [6.07, 6.45) is 1.65. The van der Waals surface area contributed by atoms with E-state index in [4.69, 9.17) is 14.7 Å². The van der Waals surface area contributed by atoms with Gasteiger partial charge in [0.2, 0.25) is 5.95 Å². The number of ether oxygens (including phenoxy) is 1. The molecule has 0 aliphatic carbocycles. The quantitative estimate of drug-likeness (QED) is 0.394. The number of amides is 1. The number of morpholine rings is 1. The number of aryl methyl sites for hydroxylation is 1. The summed E-state index contributed by atoms with van der Waals surface area (Å²) in [6.45, 7) is 5.27. The number of aromatic nitrogens is 3. The van der Waals surface area contributed by atoms with E-state index in [2.05, 4.69) is 20.1 Å². The first-order valence-electron chi connectivity index (χ1n) is 12.4. The number of carbonyl (C=O) groups is 2. The van der Waals surface area contributed by atoms with E-state index in [9.17, 15) is 23.1 Å². The second-order valence-electron chi connectivity index (χ2n) is 9.43. The largest absolute Gasteiger partial charge is 0.477 e. The summed E-state index contributed by atoms with van der Waals surface area (Å²) in [4.78, 5) is 42.1. The molecule has 1 amide bonds. The monoisotopic (exact) mass is 571 g/mol. The van der Waals surface area contributed by atoms with Gasteiger partial charge in [0.15, 0.2) is 5.13 Å². The lowest BCUT2D eigenvalue weighted by molar-refractivity contribution is 0.0700. The lowest BCUT2D eigenvalue weighted by atomic mass is 10.0. The van der Waals surface area contributed by atoms with Crippen LogP contribution < -0.4 is 19.8 Å². The molecule has 1 fully saturated rings. The van der Waals surface area contributed by atoms with Gasteiger partial charge in [0, 0.05) is 31.7 Å². The van der Waals surface area contributed by atoms with Gasteiger partial charge in [0.1, 0.15) is 21.4 Å². The summed E-state index contributed by atoms with van der Waals surface area (Å²) in [5, 5.41) is 12.9. The average Bonchev–Trinajstić information content (AvgIpc) is 3.39. The summed E-state index contributed by atoms with van der Waals surface area (Å²) in [7, 11) is -3.81. The number of carboxylic acid groups (broad SMARTS) is 1. The van der Waals surface area contributed by atoms with E-state index < -0.39 is 21.9 Å². The van der Waals surface area contributed by atoms with E-state index in [1.54, 1.807) is 19.1 Å².